The molecular formula is C30H25ClN2O2. The summed E-state index contributed by atoms with van der Waals surface area (Å²) in [5.41, 5.74) is 4.49. The third kappa shape index (κ3) is 3.71. The average molecular weight is 481 g/mol. The zero-order valence-corrected chi connectivity index (χ0v) is 20.4. The summed E-state index contributed by atoms with van der Waals surface area (Å²) in [5.74, 6) is -0.466. The zero-order valence-electron chi connectivity index (χ0n) is 19.6. The highest BCUT2D eigenvalue weighted by Crippen LogP contribution is 2.43. The van der Waals surface area contributed by atoms with Gasteiger partial charge >= 0.3 is 5.97 Å². The van der Waals surface area contributed by atoms with Crippen LogP contribution in [0.25, 0.3) is 10.9 Å². The number of rotatable bonds is 6. The Bertz CT molecular complexity index is 1380. The smallest absolute Gasteiger partial charge is 0.339 e. The number of esters is 1. The normalized spacial score (nSPS) is 11.5. The van der Waals surface area contributed by atoms with Crippen LogP contribution in [0.5, 0.6) is 0 Å². The Morgan fingerprint density at radius 1 is 0.857 bits per heavy atom. The second-order valence-corrected chi connectivity index (χ2v) is 8.77. The van der Waals surface area contributed by atoms with Crippen LogP contribution in [0.3, 0.4) is 0 Å². The van der Waals surface area contributed by atoms with Gasteiger partial charge in [-0.1, -0.05) is 110 Å². The molecule has 0 atom stereocenters. The Labute approximate surface area is 209 Å². The maximum atomic E-state index is 12.4. The van der Waals surface area contributed by atoms with Crippen LogP contribution < -0.4 is 0 Å². The van der Waals surface area contributed by atoms with Crippen molar-refractivity contribution in [1.82, 2.24) is 9.78 Å². The van der Waals surface area contributed by atoms with Crippen LogP contribution in [0.4, 0.5) is 0 Å². The zero-order chi connectivity index (χ0) is 24.4. The molecule has 0 N–H and O–H groups in total. The van der Waals surface area contributed by atoms with Crippen LogP contribution in [0, 0.1) is 0 Å². The standard InChI is InChI=1S/C30H25ClN2O2/c1-3-27-25-19-24(29(34)35-2)26(31)20-28(25)33(32-27)30(21-13-7-4-8-14-21,22-15-9-5-10-16-22)23-17-11-6-12-18-23/h4-20H,3H2,1-2H3. The van der Waals surface area contributed by atoms with Crippen LogP contribution >= 0.6 is 11.6 Å². The molecule has 5 aromatic rings. The molecule has 35 heavy (non-hydrogen) atoms. The van der Waals surface area contributed by atoms with Gasteiger partial charge in [0.15, 0.2) is 0 Å². The van der Waals surface area contributed by atoms with E-state index in [-0.39, 0.29) is 0 Å². The Morgan fingerprint density at radius 2 is 1.34 bits per heavy atom. The molecule has 1 aromatic heterocycles. The third-order valence-electron chi connectivity index (χ3n) is 6.48. The van der Waals surface area contributed by atoms with Gasteiger partial charge in [0.2, 0.25) is 0 Å². The molecule has 5 rings (SSSR count). The van der Waals surface area contributed by atoms with E-state index >= 15 is 0 Å². The molecule has 0 aliphatic rings. The number of nitrogens with zero attached hydrogens (tertiary/aromatic N) is 2. The molecule has 0 aliphatic heterocycles. The van der Waals surface area contributed by atoms with Gasteiger partial charge in [-0.05, 0) is 35.2 Å². The van der Waals surface area contributed by atoms with E-state index in [1.807, 2.05) is 60.7 Å². The third-order valence-corrected chi connectivity index (χ3v) is 6.79. The Morgan fingerprint density at radius 3 is 1.77 bits per heavy atom. The van der Waals surface area contributed by atoms with Crippen LogP contribution in [0.1, 0.15) is 39.7 Å². The van der Waals surface area contributed by atoms with Gasteiger partial charge in [0, 0.05) is 5.39 Å². The van der Waals surface area contributed by atoms with E-state index in [0.717, 1.165) is 33.3 Å². The molecular weight excluding hydrogens is 456 g/mol. The van der Waals surface area contributed by atoms with Crippen LogP contribution in [-0.4, -0.2) is 22.9 Å². The summed E-state index contributed by atoms with van der Waals surface area (Å²) in [7, 11) is 1.36. The number of hydrogen-bond donors (Lipinski definition) is 0. The first-order valence-electron chi connectivity index (χ1n) is 11.6. The second kappa shape index (κ2) is 9.40. The number of halogens is 1. The molecule has 0 fully saturated rings. The molecule has 0 saturated carbocycles. The minimum Gasteiger partial charge on any atom is -0.465 e. The van der Waals surface area contributed by atoms with Gasteiger partial charge in [-0.15, -0.1) is 0 Å². The van der Waals surface area contributed by atoms with Gasteiger partial charge in [0.1, 0.15) is 5.54 Å². The lowest BCUT2D eigenvalue weighted by Gasteiger charge is -2.37. The first kappa shape index (κ1) is 22.9. The largest absolute Gasteiger partial charge is 0.465 e. The Balaban J connectivity index is 1.96. The molecule has 0 bridgehead atoms. The van der Waals surface area contributed by atoms with Gasteiger partial charge < -0.3 is 4.74 Å². The number of aromatic nitrogens is 2. The number of carbonyl (C=O) groups is 1. The predicted octanol–water partition coefficient (Wildman–Crippen LogP) is 6.88. The van der Waals surface area contributed by atoms with Crippen LogP contribution in [0.15, 0.2) is 103 Å². The second-order valence-electron chi connectivity index (χ2n) is 8.36. The number of fused-ring (bicyclic) bond motifs is 1. The number of aryl methyl sites for hydroxylation is 1. The van der Waals surface area contributed by atoms with Crippen molar-refractivity contribution < 1.29 is 9.53 Å². The van der Waals surface area contributed by atoms with Crippen molar-refractivity contribution in [2.75, 3.05) is 7.11 Å². The van der Waals surface area contributed by atoms with Crippen molar-refractivity contribution >= 4 is 28.5 Å². The first-order chi connectivity index (χ1) is 17.1. The summed E-state index contributed by atoms with van der Waals surface area (Å²) in [6.45, 7) is 2.06. The van der Waals surface area contributed by atoms with Gasteiger partial charge in [-0.25, -0.2) is 9.48 Å². The minimum atomic E-state index is -0.772. The van der Waals surface area contributed by atoms with E-state index in [4.69, 9.17) is 21.4 Å². The summed E-state index contributed by atoms with van der Waals surface area (Å²) in [4.78, 5) is 12.4. The maximum Gasteiger partial charge on any atom is 0.339 e. The fourth-order valence-electron chi connectivity index (χ4n) is 4.89. The first-order valence-corrected chi connectivity index (χ1v) is 12.0. The number of benzene rings is 4. The van der Waals surface area contributed by atoms with E-state index in [9.17, 15) is 4.79 Å². The summed E-state index contributed by atoms with van der Waals surface area (Å²) >= 11 is 6.65. The van der Waals surface area contributed by atoms with Crippen molar-refractivity contribution in [2.24, 2.45) is 0 Å². The van der Waals surface area contributed by atoms with E-state index in [1.54, 1.807) is 6.07 Å². The molecule has 5 heteroatoms. The highest BCUT2D eigenvalue weighted by Gasteiger charge is 2.41. The lowest BCUT2D eigenvalue weighted by atomic mass is 9.77. The van der Waals surface area contributed by atoms with Gasteiger partial charge in [0.05, 0.1) is 28.9 Å². The van der Waals surface area contributed by atoms with E-state index in [0.29, 0.717) is 17.0 Å². The number of hydrogen-bond acceptors (Lipinski definition) is 3. The molecule has 0 amide bonds. The molecule has 4 nitrogen and oxygen atoms in total. The van der Waals surface area contributed by atoms with Crippen LogP contribution in [0.2, 0.25) is 5.02 Å². The average Bonchev–Trinajstić information content (AvgIpc) is 3.27. The minimum absolute atomic E-state index is 0.330. The van der Waals surface area contributed by atoms with Crippen molar-refractivity contribution in [3.63, 3.8) is 0 Å². The van der Waals surface area contributed by atoms with E-state index < -0.39 is 11.5 Å². The summed E-state index contributed by atoms with van der Waals surface area (Å²) in [6.07, 6.45) is 0.695. The SMILES string of the molecule is CCc1nn(C(c2ccccc2)(c2ccccc2)c2ccccc2)c2cc(Cl)c(C(=O)OC)cc12. The number of methoxy groups -OCH3 is 1. The Kier molecular flexibility index (Phi) is 6.14. The molecule has 174 valence electrons. The molecule has 0 saturated heterocycles. The molecule has 0 aliphatic carbocycles. The Hall–Kier alpha value is -3.89. The van der Waals surface area contributed by atoms with Gasteiger partial charge in [-0.2, -0.15) is 5.10 Å². The van der Waals surface area contributed by atoms with Crippen LogP contribution in [-0.2, 0) is 16.7 Å². The van der Waals surface area contributed by atoms with E-state index in [1.165, 1.54) is 7.11 Å². The van der Waals surface area contributed by atoms with Gasteiger partial charge in [-0.3, -0.25) is 0 Å². The fraction of sp³-hybridized carbons (Fsp3) is 0.133. The lowest BCUT2D eigenvalue weighted by Crippen LogP contribution is -2.38. The summed E-state index contributed by atoms with van der Waals surface area (Å²) < 4.78 is 7.03. The quantitative estimate of drug-likeness (QED) is 0.196. The summed E-state index contributed by atoms with van der Waals surface area (Å²) in [6, 6.07) is 34.7. The van der Waals surface area contributed by atoms with Crippen molar-refractivity contribution in [3.05, 3.63) is 136 Å². The maximum absolute atomic E-state index is 12.4. The predicted molar refractivity (Wildman–Crippen MR) is 140 cm³/mol. The van der Waals surface area contributed by atoms with Gasteiger partial charge in [0.25, 0.3) is 0 Å². The number of ether oxygens (including phenoxy) is 1. The molecule has 1 heterocycles. The molecule has 0 radical (unpaired) electrons. The lowest BCUT2D eigenvalue weighted by molar-refractivity contribution is 0.0601. The highest BCUT2D eigenvalue weighted by molar-refractivity contribution is 6.34. The van der Waals surface area contributed by atoms with Crippen molar-refractivity contribution in [1.29, 1.82) is 0 Å². The monoisotopic (exact) mass is 480 g/mol. The van der Waals surface area contributed by atoms with Crippen molar-refractivity contribution in [3.8, 4) is 0 Å². The fourth-order valence-corrected chi connectivity index (χ4v) is 5.12. The highest BCUT2D eigenvalue weighted by atomic mass is 35.5. The van der Waals surface area contributed by atoms with Crippen molar-refractivity contribution in [2.45, 2.75) is 18.9 Å². The molecule has 0 unspecified atom stereocenters. The van der Waals surface area contributed by atoms with E-state index in [2.05, 4.69) is 48.0 Å². The molecule has 0 spiro atoms. The number of carbonyl (C=O) groups excluding carboxylic acids is 1. The summed E-state index contributed by atoms with van der Waals surface area (Å²) in [5, 5.41) is 6.39. The molecule has 4 aromatic carbocycles. The topological polar surface area (TPSA) is 44.1 Å².